The van der Waals surface area contributed by atoms with E-state index in [4.69, 9.17) is 10.5 Å². The van der Waals surface area contributed by atoms with E-state index in [2.05, 4.69) is 50.2 Å². The number of hydrogen-bond acceptors (Lipinski definition) is 4. The Kier molecular flexibility index (Phi) is 5.61. The van der Waals surface area contributed by atoms with E-state index in [1.54, 1.807) is 30.6 Å². The van der Waals surface area contributed by atoms with Gasteiger partial charge in [-0.05, 0) is 61.4 Å². The molecule has 0 bridgehead atoms. The minimum Gasteiger partial charge on any atom is -0.496 e. The normalized spacial score (nSPS) is 10.7. The molecule has 0 saturated heterocycles. The average Bonchev–Trinajstić information content (AvgIpc) is 2.61. The van der Waals surface area contributed by atoms with E-state index >= 15 is 0 Å². The third-order valence-corrected chi connectivity index (χ3v) is 6.40. The summed E-state index contributed by atoms with van der Waals surface area (Å²) < 4.78 is 5.48. The quantitative estimate of drug-likeness (QED) is 0.545. The van der Waals surface area contributed by atoms with Crippen LogP contribution in [-0.4, -0.2) is 7.11 Å². The van der Waals surface area contributed by atoms with Gasteiger partial charge >= 0.3 is 0 Å². The molecule has 0 spiro atoms. The van der Waals surface area contributed by atoms with E-state index in [0.717, 1.165) is 21.2 Å². The van der Waals surface area contributed by atoms with E-state index in [0.29, 0.717) is 0 Å². The van der Waals surface area contributed by atoms with Crippen LogP contribution in [0.2, 0.25) is 0 Å². The molecular formula is C21H21NOS2. The van der Waals surface area contributed by atoms with Gasteiger partial charge in [0.1, 0.15) is 5.75 Å². The van der Waals surface area contributed by atoms with Crippen molar-refractivity contribution in [2.24, 2.45) is 0 Å². The molecule has 3 rings (SSSR count). The summed E-state index contributed by atoms with van der Waals surface area (Å²) in [5, 5.41) is 0. The molecule has 3 aromatic carbocycles. The van der Waals surface area contributed by atoms with Crippen LogP contribution >= 0.6 is 23.5 Å². The number of rotatable bonds is 5. The number of nitrogen functional groups attached to an aromatic ring is 1. The maximum absolute atomic E-state index is 6.24. The van der Waals surface area contributed by atoms with Crippen LogP contribution in [0.5, 0.6) is 5.75 Å². The zero-order chi connectivity index (χ0) is 17.8. The van der Waals surface area contributed by atoms with Crippen molar-refractivity contribution in [1.82, 2.24) is 0 Å². The van der Waals surface area contributed by atoms with Gasteiger partial charge in [-0.1, -0.05) is 47.8 Å². The third kappa shape index (κ3) is 4.14. The Hall–Kier alpha value is -2.04. The summed E-state index contributed by atoms with van der Waals surface area (Å²) in [4.78, 5) is 4.57. The minimum atomic E-state index is 0.824. The van der Waals surface area contributed by atoms with E-state index in [9.17, 15) is 0 Å². The molecule has 0 radical (unpaired) electrons. The highest BCUT2D eigenvalue weighted by Crippen LogP contribution is 2.43. The van der Waals surface area contributed by atoms with Gasteiger partial charge < -0.3 is 10.5 Å². The Labute approximate surface area is 157 Å². The first-order valence-corrected chi connectivity index (χ1v) is 9.66. The molecule has 128 valence electrons. The SMILES string of the molecule is COc1ccccc1Sc1ccccc1Sc1cc(C)c(C)cc1N. The monoisotopic (exact) mass is 367 g/mol. The lowest BCUT2D eigenvalue weighted by atomic mass is 10.1. The van der Waals surface area contributed by atoms with Crippen LogP contribution < -0.4 is 10.5 Å². The molecule has 0 aliphatic rings. The molecule has 25 heavy (non-hydrogen) atoms. The fourth-order valence-corrected chi connectivity index (χ4v) is 4.62. The summed E-state index contributed by atoms with van der Waals surface area (Å²) in [6.45, 7) is 4.21. The van der Waals surface area contributed by atoms with Gasteiger partial charge in [-0.3, -0.25) is 0 Å². The fraction of sp³-hybridized carbons (Fsp3) is 0.143. The summed E-state index contributed by atoms with van der Waals surface area (Å²) in [7, 11) is 1.70. The molecule has 3 aromatic rings. The van der Waals surface area contributed by atoms with E-state index in [1.165, 1.54) is 20.9 Å². The van der Waals surface area contributed by atoms with Crippen molar-refractivity contribution in [3.05, 3.63) is 71.8 Å². The lowest BCUT2D eigenvalue weighted by molar-refractivity contribution is 0.405. The van der Waals surface area contributed by atoms with Gasteiger partial charge in [-0.2, -0.15) is 0 Å². The first-order chi connectivity index (χ1) is 12.1. The van der Waals surface area contributed by atoms with Crippen molar-refractivity contribution >= 4 is 29.2 Å². The molecule has 0 aliphatic carbocycles. The van der Waals surface area contributed by atoms with Gasteiger partial charge in [0, 0.05) is 20.4 Å². The number of hydrogen-bond donors (Lipinski definition) is 1. The molecule has 0 saturated carbocycles. The third-order valence-electron chi connectivity index (χ3n) is 3.98. The van der Waals surface area contributed by atoms with Gasteiger partial charge in [0.25, 0.3) is 0 Å². The lowest BCUT2D eigenvalue weighted by Crippen LogP contribution is -1.92. The fourth-order valence-electron chi connectivity index (χ4n) is 2.46. The number of nitrogens with two attached hydrogens (primary N) is 1. The van der Waals surface area contributed by atoms with Crippen LogP contribution in [0.4, 0.5) is 5.69 Å². The molecule has 0 heterocycles. The summed E-state index contributed by atoms with van der Waals surface area (Å²) >= 11 is 3.42. The second-order valence-electron chi connectivity index (χ2n) is 5.78. The number of para-hydroxylation sites is 1. The average molecular weight is 368 g/mol. The van der Waals surface area contributed by atoms with E-state index < -0.39 is 0 Å². The standard InChI is InChI=1S/C21H21NOS2/c1-14-12-16(22)21(13-15(14)2)25-20-11-7-6-10-19(20)24-18-9-5-4-8-17(18)23-3/h4-13H,22H2,1-3H3. The number of benzene rings is 3. The van der Waals surface area contributed by atoms with Gasteiger partial charge in [-0.15, -0.1) is 0 Å². The number of anilines is 1. The van der Waals surface area contributed by atoms with Crippen molar-refractivity contribution in [2.75, 3.05) is 12.8 Å². The Bertz CT molecular complexity index is 893. The Morgan fingerprint density at radius 2 is 1.24 bits per heavy atom. The Balaban J connectivity index is 1.93. The molecule has 0 aromatic heterocycles. The number of aryl methyl sites for hydroxylation is 2. The van der Waals surface area contributed by atoms with Crippen molar-refractivity contribution in [2.45, 2.75) is 33.4 Å². The molecule has 0 atom stereocenters. The largest absolute Gasteiger partial charge is 0.496 e. The molecule has 4 heteroatoms. The van der Waals surface area contributed by atoms with Crippen LogP contribution in [-0.2, 0) is 0 Å². The van der Waals surface area contributed by atoms with Crippen LogP contribution in [0.3, 0.4) is 0 Å². The Morgan fingerprint density at radius 3 is 1.88 bits per heavy atom. The van der Waals surface area contributed by atoms with Crippen LogP contribution in [0.15, 0.2) is 80.2 Å². The second kappa shape index (κ2) is 7.89. The zero-order valence-electron chi connectivity index (χ0n) is 14.6. The van der Waals surface area contributed by atoms with E-state index in [1.807, 2.05) is 24.3 Å². The highest BCUT2D eigenvalue weighted by Gasteiger charge is 2.11. The first kappa shape index (κ1) is 17.8. The van der Waals surface area contributed by atoms with Crippen molar-refractivity contribution in [3.8, 4) is 5.75 Å². The molecular weight excluding hydrogens is 346 g/mol. The summed E-state index contributed by atoms with van der Waals surface area (Å²) in [5.74, 6) is 0.887. The van der Waals surface area contributed by atoms with Crippen LogP contribution in [0.25, 0.3) is 0 Å². The van der Waals surface area contributed by atoms with Crippen molar-refractivity contribution in [3.63, 3.8) is 0 Å². The molecule has 0 aliphatic heterocycles. The molecule has 0 fully saturated rings. The molecule has 2 N–H and O–H groups in total. The second-order valence-corrected chi connectivity index (χ2v) is 7.94. The predicted molar refractivity (Wildman–Crippen MR) is 108 cm³/mol. The van der Waals surface area contributed by atoms with Crippen molar-refractivity contribution in [1.29, 1.82) is 0 Å². The van der Waals surface area contributed by atoms with Crippen LogP contribution in [0, 0.1) is 13.8 Å². The zero-order valence-corrected chi connectivity index (χ0v) is 16.2. The minimum absolute atomic E-state index is 0.824. The maximum atomic E-state index is 6.24. The summed E-state index contributed by atoms with van der Waals surface area (Å²) in [5.41, 5.74) is 9.54. The smallest absolute Gasteiger partial charge is 0.132 e. The van der Waals surface area contributed by atoms with Crippen LogP contribution in [0.1, 0.15) is 11.1 Å². The lowest BCUT2D eigenvalue weighted by Gasteiger charge is -2.13. The molecule has 0 amide bonds. The van der Waals surface area contributed by atoms with Gasteiger partial charge in [-0.25, -0.2) is 0 Å². The topological polar surface area (TPSA) is 35.2 Å². The van der Waals surface area contributed by atoms with Gasteiger partial charge in [0.2, 0.25) is 0 Å². The van der Waals surface area contributed by atoms with Gasteiger partial charge in [0.05, 0.1) is 12.0 Å². The number of ether oxygens (including phenoxy) is 1. The molecule has 2 nitrogen and oxygen atoms in total. The summed E-state index contributed by atoms with van der Waals surface area (Å²) in [6.07, 6.45) is 0. The molecule has 0 unspecified atom stereocenters. The predicted octanol–water partition coefficient (Wildman–Crippen LogP) is 6.20. The maximum Gasteiger partial charge on any atom is 0.132 e. The van der Waals surface area contributed by atoms with Gasteiger partial charge in [0.15, 0.2) is 0 Å². The van der Waals surface area contributed by atoms with E-state index in [-0.39, 0.29) is 0 Å². The first-order valence-electron chi connectivity index (χ1n) is 8.03. The Morgan fingerprint density at radius 1 is 0.720 bits per heavy atom. The van der Waals surface area contributed by atoms with Crippen molar-refractivity contribution < 1.29 is 4.74 Å². The summed E-state index contributed by atoms with van der Waals surface area (Å²) in [6, 6.07) is 20.7. The number of methoxy groups -OCH3 is 1. The highest BCUT2D eigenvalue weighted by atomic mass is 32.2. The highest BCUT2D eigenvalue weighted by molar-refractivity contribution is 8.02.